The summed E-state index contributed by atoms with van der Waals surface area (Å²) in [6.07, 6.45) is 0. The lowest BCUT2D eigenvalue weighted by molar-refractivity contribution is 0.417. The van der Waals surface area contributed by atoms with Crippen molar-refractivity contribution in [3.63, 3.8) is 0 Å². The van der Waals surface area contributed by atoms with E-state index < -0.39 is 0 Å². The first kappa shape index (κ1) is 8.66. The minimum absolute atomic E-state index is 0.621. The fourth-order valence-electron chi connectivity index (χ4n) is 1.22. The predicted molar refractivity (Wildman–Crippen MR) is 57.8 cm³/mol. The van der Waals surface area contributed by atoms with Crippen LogP contribution in [-0.4, -0.2) is 7.11 Å². The third kappa shape index (κ3) is 1.34. The molecule has 0 spiro atoms. The van der Waals surface area contributed by atoms with Gasteiger partial charge in [0.15, 0.2) is 0 Å². The zero-order valence-corrected chi connectivity index (χ0v) is 8.58. The van der Waals surface area contributed by atoms with Crippen molar-refractivity contribution >= 4 is 38.7 Å². The van der Waals surface area contributed by atoms with Gasteiger partial charge in [-0.05, 0) is 6.07 Å². The molecule has 0 bridgehead atoms. The number of nitrogens with two attached hydrogens (primary N) is 1. The quantitative estimate of drug-likeness (QED) is 0.739. The van der Waals surface area contributed by atoms with Crippen LogP contribution in [0.4, 0.5) is 5.69 Å². The van der Waals surface area contributed by atoms with E-state index in [9.17, 15) is 0 Å². The van der Waals surface area contributed by atoms with E-state index in [0.29, 0.717) is 11.4 Å². The average molecular weight is 214 g/mol. The summed E-state index contributed by atoms with van der Waals surface area (Å²) >= 11 is 7.54. The minimum Gasteiger partial charge on any atom is -0.495 e. The van der Waals surface area contributed by atoms with Crippen LogP contribution in [0.25, 0.3) is 10.1 Å². The molecule has 0 amide bonds. The van der Waals surface area contributed by atoms with Crippen molar-refractivity contribution in [3.8, 4) is 5.75 Å². The third-order valence-electron chi connectivity index (χ3n) is 1.88. The van der Waals surface area contributed by atoms with Crippen LogP contribution >= 0.6 is 22.9 Å². The molecule has 2 nitrogen and oxygen atoms in total. The van der Waals surface area contributed by atoms with E-state index >= 15 is 0 Å². The second kappa shape index (κ2) is 3.09. The third-order valence-corrected chi connectivity index (χ3v) is 3.27. The van der Waals surface area contributed by atoms with E-state index in [0.717, 1.165) is 15.1 Å². The van der Waals surface area contributed by atoms with Crippen LogP contribution in [0.15, 0.2) is 17.5 Å². The van der Waals surface area contributed by atoms with E-state index in [2.05, 4.69) is 0 Å². The maximum Gasteiger partial charge on any atom is 0.143 e. The van der Waals surface area contributed by atoms with Gasteiger partial charge >= 0.3 is 0 Å². The zero-order valence-electron chi connectivity index (χ0n) is 7.00. The van der Waals surface area contributed by atoms with Gasteiger partial charge in [0.25, 0.3) is 0 Å². The molecule has 4 heteroatoms. The zero-order chi connectivity index (χ0) is 9.42. The van der Waals surface area contributed by atoms with E-state index in [4.69, 9.17) is 22.1 Å². The molecule has 0 radical (unpaired) electrons. The summed E-state index contributed by atoms with van der Waals surface area (Å²) in [7, 11) is 1.60. The van der Waals surface area contributed by atoms with Crippen LogP contribution < -0.4 is 10.5 Å². The molecule has 2 aromatic rings. The van der Waals surface area contributed by atoms with Gasteiger partial charge in [-0.15, -0.1) is 11.3 Å². The summed E-state index contributed by atoms with van der Waals surface area (Å²) in [5.74, 6) is 0.700. The van der Waals surface area contributed by atoms with E-state index in [1.807, 2.05) is 17.5 Å². The highest BCUT2D eigenvalue weighted by Gasteiger charge is 2.06. The summed E-state index contributed by atoms with van der Waals surface area (Å²) in [5.41, 5.74) is 6.37. The highest BCUT2D eigenvalue weighted by Crippen LogP contribution is 2.35. The largest absolute Gasteiger partial charge is 0.495 e. The molecule has 0 fully saturated rings. The maximum atomic E-state index is 5.95. The summed E-state index contributed by atoms with van der Waals surface area (Å²) in [6, 6.07) is 3.74. The molecular weight excluding hydrogens is 206 g/mol. The maximum absolute atomic E-state index is 5.95. The second-order valence-corrected chi connectivity index (χ2v) is 3.99. The number of fused-ring (bicyclic) bond motifs is 1. The Hall–Kier alpha value is -0.930. The molecule has 0 saturated carbocycles. The Balaban J connectivity index is 2.76. The van der Waals surface area contributed by atoms with E-state index in [1.54, 1.807) is 18.4 Å². The Bertz CT molecular complexity index is 452. The average Bonchev–Trinajstić information content (AvgIpc) is 2.47. The van der Waals surface area contributed by atoms with Gasteiger partial charge in [0.2, 0.25) is 0 Å². The van der Waals surface area contributed by atoms with Crippen LogP contribution in [0, 0.1) is 0 Å². The standard InChI is InChI=1S/C9H8ClNOS/c1-12-8-3-9-5(2-7(8)11)6(10)4-13-9/h2-4H,11H2,1H3. The van der Waals surface area contributed by atoms with Crippen LogP contribution in [0.5, 0.6) is 5.75 Å². The smallest absolute Gasteiger partial charge is 0.143 e. The van der Waals surface area contributed by atoms with Gasteiger partial charge in [0, 0.05) is 21.5 Å². The van der Waals surface area contributed by atoms with Gasteiger partial charge in [0.05, 0.1) is 17.8 Å². The Kier molecular flexibility index (Phi) is 2.06. The Morgan fingerprint density at radius 2 is 2.23 bits per heavy atom. The molecule has 0 atom stereocenters. The predicted octanol–water partition coefficient (Wildman–Crippen LogP) is 3.15. The second-order valence-electron chi connectivity index (χ2n) is 2.67. The lowest BCUT2D eigenvalue weighted by atomic mass is 10.2. The molecule has 0 aliphatic heterocycles. The van der Waals surface area contributed by atoms with Crippen molar-refractivity contribution in [3.05, 3.63) is 22.5 Å². The van der Waals surface area contributed by atoms with Crippen molar-refractivity contribution in [1.29, 1.82) is 0 Å². The molecule has 0 aliphatic rings. The number of rotatable bonds is 1. The Morgan fingerprint density at radius 3 is 2.92 bits per heavy atom. The summed E-state index contributed by atoms with van der Waals surface area (Å²) in [5, 5.41) is 3.63. The van der Waals surface area contributed by atoms with Gasteiger partial charge in [-0.1, -0.05) is 11.6 Å². The normalized spacial score (nSPS) is 10.6. The lowest BCUT2D eigenvalue weighted by Gasteiger charge is -2.03. The molecule has 0 unspecified atom stereocenters. The molecular formula is C9H8ClNOS. The number of thiophene rings is 1. The van der Waals surface area contributed by atoms with Gasteiger partial charge in [0.1, 0.15) is 5.75 Å². The number of ether oxygens (including phenoxy) is 1. The van der Waals surface area contributed by atoms with Gasteiger partial charge in [-0.25, -0.2) is 0 Å². The van der Waals surface area contributed by atoms with Gasteiger partial charge < -0.3 is 10.5 Å². The topological polar surface area (TPSA) is 35.2 Å². The van der Waals surface area contributed by atoms with E-state index in [-0.39, 0.29) is 0 Å². The van der Waals surface area contributed by atoms with E-state index in [1.165, 1.54) is 0 Å². The van der Waals surface area contributed by atoms with Crippen molar-refractivity contribution in [2.75, 3.05) is 12.8 Å². The number of anilines is 1. The first-order valence-corrected chi connectivity index (χ1v) is 4.98. The number of methoxy groups -OCH3 is 1. The molecule has 13 heavy (non-hydrogen) atoms. The minimum atomic E-state index is 0.621. The van der Waals surface area contributed by atoms with Crippen LogP contribution in [0.3, 0.4) is 0 Å². The molecule has 68 valence electrons. The molecule has 2 N–H and O–H groups in total. The van der Waals surface area contributed by atoms with Crippen LogP contribution in [0.2, 0.25) is 5.02 Å². The van der Waals surface area contributed by atoms with Crippen molar-refractivity contribution in [2.45, 2.75) is 0 Å². The molecule has 0 saturated heterocycles. The molecule has 2 rings (SSSR count). The summed E-state index contributed by atoms with van der Waals surface area (Å²) in [6.45, 7) is 0. The van der Waals surface area contributed by atoms with Crippen LogP contribution in [-0.2, 0) is 0 Å². The van der Waals surface area contributed by atoms with Crippen LogP contribution in [0.1, 0.15) is 0 Å². The first-order chi connectivity index (χ1) is 6.22. The van der Waals surface area contributed by atoms with Crippen molar-refractivity contribution in [1.82, 2.24) is 0 Å². The summed E-state index contributed by atoms with van der Waals surface area (Å²) in [4.78, 5) is 0. The van der Waals surface area contributed by atoms with Gasteiger partial charge in [-0.2, -0.15) is 0 Å². The highest BCUT2D eigenvalue weighted by atomic mass is 35.5. The van der Waals surface area contributed by atoms with Crippen molar-refractivity contribution < 1.29 is 4.74 Å². The molecule has 1 aromatic carbocycles. The highest BCUT2D eigenvalue weighted by molar-refractivity contribution is 7.17. The summed E-state index contributed by atoms with van der Waals surface area (Å²) < 4.78 is 6.19. The Morgan fingerprint density at radius 1 is 1.46 bits per heavy atom. The first-order valence-electron chi connectivity index (χ1n) is 3.72. The lowest BCUT2D eigenvalue weighted by Crippen LogP contribution is -1.90. The fourth-order valence-corrected chi connectivity index (χ4v) is 2.39. The number of hydrogen-bond acceptors (Lipinski definition) is 3. The monoisotopic (exact) mass is 213 g/mol. The number of halogens is 1. The van der Waals surface area contributed by atoms with Crippen molar-refractivity contribution in [2.24, 2.45) is 0 Å². The molecule has 1 heterocycles. The number of benzene rings is 1. The fraction of sp³-hybridized carbons (Fsp3) is 0.111. The molecule has 1 aromatic heterocycles. The molecule has 0 aliphatic carbocycles. The Labute approximate surface area is 84.9 Å². The SMILES string of the molecule is COc1cc2scc(Cl)c2cc1N. The number of hydrogen-bond donors (Lipinski definition) is 1. The number of nitrogen functional groups attached to an aromatic ring is 1. The van der Waals surface area contributed by atoms with Gasteiger partial charge in [-0.3, -0.25) is 0 Å².